The van der Waals surface area contributed by atoms with Crippen LogP contribution >= 0.6 is 0 Å². The van der Waals surface area contributed by atoms with Gasteiger partial charge in [0.2, 0.25) is 0 Å². The smallest absolute Gasteiger partial charge is 0.143 e. The number of aromatic nitrogens is 2. The highest BCUT2D eigenvalue weighted by molar-refractivity contribution is 5.84. The number of fused-ring (bicyclic) bond motifs is 1. The van der Waals surface area contributed by atoms with Crippen LogP contribution in [0, 0.1) is 6.92 Å². The van der Waals surface area contributed by atoms with Gasteiger partial charge in [-0.3, -0.25) is 0 Å². The minimum absolute atomic E-state index is 0.192. The molecule has 78 valence electrons. The maximum atomic E-state index is 8.53. The van der Waals surface area contributed by atoms with Crippen molar-refractivity contribution in [2.45, 2.75) is 13.3 Å². The number of amidine groups is 1. The summed E-state index contributed by atoms with van der Waals surface area (Å²) in [6.07, 6.45) is 2.29. The van der Waals surface area contributed by atoms with E-state index in [1.54, 1.807) is 4.52 Å². The van der Waals surface area contributed by atoms with E-state index in [0.717, 1.165) is 16.8 Å². The molecular weight excluding hydrogens is 192 g/mol. The van der Waals surface area contributed by atoms with Crippen molar-refractivity contribution in [2.75, 3.05) is 0 Å². The normalized spacial score (nSPS) is 12.2. The van der Waals surface area contributed by atoms with Crippen molar-refractivity contribution in [3.05, 3.63) is 35.7 Å². The lowest BCUT2D eigenvalue weighted by Crippen LogP contribution is -2.15. The van der Waals surface area contributed by atoms with Crippen LogP contribution in [0.5, 0.6) is 0 Å². The summed E-state index contributed by atoms with van der Waals surface area (Å²) in [7, 11) is 0. The van der Waals surface area contributed by atoms with E-state index in [-0.39, 0.29) is 5.84 Å². The standard InChI is InChI=1S/C10H12N4O/c1-7-8(6-10(11)13-15)9-4-2-3-5-14(9)12-7/h2-5,15H,6H2,1H3,(H2,11,13). The van der Waals surface area contributed by atoms with Crippen molar-refractivity contribution < 1.29 is 5.21 Å². The Balaban J connectivity index is 2.54. The molecule has 0 aliphatic heterocycles. The van der Waals surface area contributed by atoms with Gasteiger partial charge in [-0.25, -0.2) is 4.52 Å². The van der Waals surface area contributed by atoms with Gasteiger partial charge < -0.3 is 10.9 Å². The van der Waals surface area contributed by atoms with Crippen LogP contribution < -0.4 is 5.73 Å². The molecule has 3 N–H and O–H groups in total. The number of nitrogens with two attached hydrogens (primary N) is 1. The van der Waals surface area contributed by atoms with Gasteiger partial charge in [-0.1, -0.05) is 11.2 Å². The SMILES string of the molecule is Cc1nn2ccccc2c1C/C(N)=N/O. The van der Waals surface area contributed by atoms with Crippen molar-refractivity contribution in [3.63, 3.8) is 0 Å². The minimum Gasteiger partial charge on any atom is -0.409 e. The molecule has 0 radical (unpaired) electrons. The topological polar surface area (TPSA) is 75.9 Å². The second-order valence-electron chi connectivity index (χ2n) is 3.36. The van der Waals surface area contributed by atoms with Crippen molar-refractivity contribution in [3.8, 4) is 0 Å². The molecule has 5 nitrogen and oxygen atoms in total. The Kier molecular flexibility index (Phi) is 2.29. The number of rotatable bonds is 2. The zero-order valence-corrected chi connectivity index (χ0v) is 8.38. The van der Waals surface area contributed by atoms with Gasteiger partial charge in [-0.05, 0) is 19.1 Å². The van der Waals surface area contributed by atoms with E-state index in [0.29, 0.717) is 6.42 Å². The van der Waals surface area contributed by atoms with Gasteiger partial charge in [0.1, 0.15) is 5.84 Å². The molecular formula is C10H12N4O. The van der Waals surface area contributed by atoms with Crippen LogP contribution in [-0.4, -0.2) is 20.7 Å². The number of hydrogen-bond donors (Lipinski definition) is 2. The molecule has 2 rings (SSSR count). The zero-order chi connectivity index (χ0) is 10.8. The summed E-state index contributed by atoms with van der Waals surface area (Å²) in [5, 5.41) is 15.8. The van der Waals surface area contributed by atoms with E-state index < -0.39 is 0 Å². The molecule has 0 aromatic carbocycles. The van der Waals surface area contributed by atoms with Crippen molar-refractivity contribution in [1.29, 1.82) is 0 Å². The third-order valence-electron chi connectivity index (χ3n) is 2.33. The van der Waals surface area contributed by atoms with Crippen LogP contribution in [0.3, 0.4) is 0 Å². The van der Waals surface area contributed by atoms with Crippen molar-refractivity contribution in [2.24, 2.45) is 10.9 Å². The predicted molar refractivity (Wildman–Crippen MR) is 57.0 cm³/mol. The Hall–Kier alpha value is -2.04. The fourth-order valence-electron chi connectivity index (χ4n) is 1.60. The first-order chi connectivity index (χ1) is 7.22. The summed E-state index contributed by atoms with van der Waals surface area (Å²) in [6.45, 7) is 1.91. The Morgan fingerprint density at radius 2 is 2.40 bits per heavy atom. The van der Waals surface area contributed by atoms with Crippen LogP contribution in [0.2, 0.25) is 0 Å². The first-order valence-corrected chi connectivity index (χ1v) is 4.61. The Morgan fingerprint density at radius 3 is 3.13 bits per heavy atom. The highest BCUT2D eigenvalue weighted by atomic mass is 16.4. The van der Waals surface area contributed by atoms with Gasteiger partial charge in [-0.15, -0.1) is 0 Å². The first kappa shape index (κ1) is 9.51. The average Bonchev–Trinajstić information content (AvgIpc) is 2.55. The van der Waals surface area contributed by atoms with Gasteiger partial charge in [0.15, 0.2) is 0 Å². The Labute approximate surface area is 86.8 Å². The van der Waals surface area contributed by atoms with Crippen LogP contribution in [0.25, 0.3) is 5.52 Å². The van der Waals surface area contributed by atoms with Crippen molar-refractivity contribution in [1.82, 2.24) is 9.61 Å². The van der Waals surface area contributed by atoms with E-state index in [1.807, 2.05) is 31.3 Å². The molecule has 2 aromatic heterocycles. The molecule has 0 aliphatic carbocycles. The molecule has 0 fully saturated rings. The summed E-state index contributed by atoms with van der Waals surface area (Å²) in [5.41, 5.74) is 8.36. The molecule has 0 amide bonds. The van der Waals surface area contributed by atoms with E-state index in [9.17, 15) is 0 Å². The van der Waals surface area contributed by atoms with Crippen molar-refractivity contribution >= 4 is 11.4 Å². The third-order valence-corrected chi connectivity index (χ3v) is 2.33. The highest BCUT2D eigenvalue weighted by Crippen LogP contribution is 2.15. The van der Waals surface area contributed by atoms with Gasteiger partial charge in [0.05, 0.1) is 11.2 Å². The number of oxime groups is 1. The lowest BCUT2D eigenvalue weighted by molar-refractivity contribution is 0.317. The van der Waals surface area contributed by atoms with E-state index >= 15 is 0 Å². The summed E-state index contributed by atoms with van der Waals surface area (Å²) in [5.74, 6) is 0.192. The molecule has 2 heterocycles. The molecule has 2 aromatic rings. The number of aryl methyl sites for hydroxylation is 1. The average molecular weight is 204 g/mol. The minimum atomic E-state index is 0.192. The molecule has 0 atom stereocenters. The molecule has 0 saturated carbocycles. The number of hydrogen-bond acceptors (Lipinski definition) is 3. The second-order valence-corrected chi connectivity index (χ2v) is 3.36. The van der Waals surface area contributed by atoms with E-state index in [1.165, 1.54) is 0 Å². The predicted octanol–water partition coefficient (Wildman–Crippen LogP) is 0.932. The van der Waals surface area contributed by atoms with Crippen LogP contribution in [-0.2, 0) is 6.42 Å². The number of pyridine rings is 1. The van der Waals surface area contributed by atoms with Gasteiger partial charge in [0.25, 0.3) is 0 Å². The number of nitrogens with zero attached hydrogens (tertiary/aromatic N) is 3. The largest absolute Gasteiger partial charge is 0.409 e. The summed E-state index contributed by atoms with van der Waals surface area (Å²) in [4.78, 5) is 0. The first-order valence-electron chi connectivity index (χ1n) is 4.61. The molecule has 0 bridgehead atoms. The van der Waals surface area contributed by atoms with E-state index in [4.69, 9.17) is 10.9 Å². The van der Waals surface area contributed by atoms with Crippen LogP contribution in [0.4, 0.5) is 0 Å². The maximum Gasteiger partial charge on any atom is 0.143 e. The third kappa shape index (κ3) is 1.63. The molecule has 15 heavy (non-hydrogen) atoms. The summed E-state index contributed by atoms with van der Waals surface area (Å²) >= 11 is 0. The zero-order valence-electron chi connectivity index (χ0n) is 8.38. The lowest BCUT2D eigenvalue weighted by Gasteiger charge is -1.98. The van der Waals surface area contributed by atoms with Crippen LogP contribution in [0.15, 0.2) is 29.6 Å². The monoisotopic (exact) mass is 204 g/mol. The Morgan fingerprint density at radius 1 is 1.60 bits per heavy atom. The molecule has 5 heteroatoms. The maximum absolute atomic E-state index is 8.53. The van der Waals surface area contributed by atoms with Gasteiger partial charge in [-0.2, -0.15) is 5.10 Å². The van der Waals surface area contributed by atoms with E-state index in [2.05, 4.69) is 10.3 Å². The molecule has 0 aliphatic rings. The quantitative estimate of drug-likeness (QED) is 0.331. The molecule has 0 saturated heterocycles. The summed E-state index contributed by atoms with van der Waals surface area (Å²) in [6, 6.07) is 5.80. The molecule has 0 unspecified atom stereocenters. The fraction of sp³-hybridized carbons (Fsp3) is 0.200. The fourth-order valence-corrected chi connectivity index (χ4v) is 1.60. The van der Waals surface area contributed by atoms with Gasteiger partial charge >= 0.3 is 0 Å². The molecule has 0 spiro atoms. The second kappa shape index (κ2) is 3.61. The summed E-state index contributed by atoms with van der Waals surface area (Å²) < 4.78 is 1.79. The van der Waals surface area contributed by atoms with Crippen LogP contribution in [0.1, 0.15) is 11.3 Å². The highest BCUT2D eigenvalue weighted by Gasteiger charge is 2.09. The Bertz CT molecular complexity index is 515. The van der Waals surface area contributed by atoms with Gasteiger partial charge in [0, 0.05) is 18.2 Å². The lowest BCUT2D eigenvalue weighted by atomic mass is 10.1.